The quantitative estimate of drug-likeness (QED) is 0.561. The number of benzene rings is 2. The Kier molecular flexibility index (Phi) is 5.78. The fraction of sp³-hybridized carbons (Fsp3) is 0.208. The second-order valence-electron chi connectivity index (χ2n) is 7.94. The zero-order valence-corrected chi connectivity index (χ0v) is 17.1. The van der Waals surface area contributed by atoms with Gasteiger partial charge >= 0.3 is 0 Å². The molecule has 0 spiro atoms. The molecule has 1 amide bonds. The van der Waals surface area contributed by atoms with Crippen molar-refractivity contribution in [1.29, 1.82) is 0 Å². The summed E-state index contributed by atoms with van der Waals surface area (Å²) in [5.41, 5.74) is 3.74. The average Bonchev–Trinajstić information content (AvgIpc) is 2.68. The Labute approximate surface area is 171 Å². The SMILES string of the molecule is CC(=O)c1cccc(NC(=O)c2ccc(Nc3ccccc3C(C)(C)C)nc2)c1. The molecule has 0 saturated carbocycles. The normalized spacial score (nSPS) is 11.0. The maximum atomic E-state index is 12.5. The number of hydrogen-bond acceptors (Lipinski definition) is 4. The number of rotatable bonds is 5. The highest BCUT2D eigenvalue weighted by Crippen LogP contribution is 2.30. The van der Waals surface area contributed by atoms with Gasteiger partial charge in [-0.3, -0.25) is 9.59 Å². The van der Waals surface area contributed by atoms with Crippen LogP contribution in [-0.4, -0.2) is 16.7 Å². The summed E-state index contributed by atoms with van der Waals surface area (Å²) in [6.45, 7) is 7.98. The van der Waals surface area contributed by atoms with E-state index in [0.29, 0.717) is 22.6 Å². The first-order valence-corrected chi connectivity index (χ1v) is 9.49. The van der Waals surface area contributed by atoms with Gasteiger partial charge in [0, 0.05) is 23.1 Å². The maximum Gasteiger partial charge on any atom is 0.257 e. The zero-order valence-electron chi connectivity index (χ0n) is 17.1. The molecule has 0 aliphatic rings. The fourth-order valence-corrected chi connectivity index (χ4v) is 3.01. The first kappa shape index (κ1) is 20.3. The summed E-state index contributed by atoms with van der Waals surface area (Å²) in [4.78, 5) is 28.4. The second-order valence-corrected chi connectivity index (χ2v) is 7.94. The van der Waals surface area contributed by atoms with Gasteiger partial charge in [0.25, 0.3) is 5.91 Å². The van der Waals surface area contributed by atoms with Gasteiger partial charge in [-0.1, -0.05) is 51.1 Å². The number of hydrogen-bond donors (Lipinski definition) is 2. The predicted octanol–water partition coefficient (Wildman–Crippen LogP) is 5.58. The summed E-state index contributed by atoms with van der Waals surface area (Å²) in [7, 11) is 0. The van der Waals surface area contributed by atoms with Gasteiger partial charge in [-0.05, 0) is 48.2 Å². The van der Waals surface area contributed by atoms with Crippen molar-refractivity contribution in [3.05, 3.63) is 83.6 Å². The third-order valence-electron chi connectivity index (χ3n) is 4.55. The third kappa shape index (κ3) is 5.08. The third-order valence-corrected chi connectivity index (χ3v) is 4.55. The van der Waals surface area contributed by atoms with Crippen molar-refractivity contribution in [3.63, 3.8) is 0 Å². The van der Waals surface area contributed by atoms with Crippen LogP contribution in [0.3, 0.4) is 0 Å². The van der Waals surface area contributed by atoms with E-state index in [4.69, 9.17) is 0 Å². The maximum absolute atomic E-state index is 12.5. The summed E-state index contributed by atoms with van der Waals surface area (Å²) in [6, 6.07) is 18.5. The van der Waals surface area contributed by atoms with Crippen molar-refractivity contribution in [3.8, 4) is 0 Å². The molecule has 0 aliphatic carbocycles. The number of anilines is 3. The Bertz CT molecular complexity index is 1030. The number of nitrogens with zero attached hydrogens (tertiary/aromatic N) is 1. The van der Waals surface area contributed by atoms with Crippen molar-refractivity contribution in [2.45, 2.75) is 33.1 Å². The van der Waals surface area contributed by atoms with Crippen LogP contribution in [0.2, 0.25) is 0 Å². The molecule has 0 aliphatic heterocycles. The Morgan fingerprint density at radius 1 is 0.897 bits per heavy atom. The van der Waals surface area contributed by atoms with Crippen LogP contribution >= 0.6 is 0 Å². The summed E-state index contributed by atoms with van der Waals surface area (Å²) >= 11 is 0. The van der Waals surface area contributed by atoms with E-state index in [0.717, 1.165) is 5.69 Å². The standard InChI is InChI=1S/C24H25N3O2/c1-16(28)17-8-7-9-19(14-17)26-23(29)18-12-13-22(25-15-18)27-21-11-6-5-10-20(21)24(2,3)4/h5-15H,1-4H3,(H,25,27)(H,26,29). The van der Waals surface area contributed by atoms with E-state index in [2.05, 4.69) is 42.5 Å². The molecule has 0 saturated heterocycles. The van der Waals surface area contributed by atoms with Crippen LogP contribution in [-0.2, 0) is 5.41 Å². The molecule has 148 valence electrons. The molecular weight excluding hydrogens is 362 g/mol. The molecule has 0 bridgehead atoms. The number of carbonyl (C=O) groups is 2. The lowest BCUT2D eigenvalue weighted by Gasteiger charge is -2.23. The monoisotopic (exact) mass is 387 g/mol. The number of ketones is 1. The highest BCUT2D eigenvalue weighted by Gasteiger charge is 2.17. The largest absolute Gasteiger partial charge is 0.340 e. The van der Waals surface area contributed by atoms with E-state index in [1.165, 1.54) is 18.7 Å². The lowest BCUT2D eigenvalue weighted by atomic mass is 9.86. The van der Waals surface area contributed by atoms with Crippen LogP contribution in [0.5, 0.6) is 0 Å². The van der Waals surface area contributed by atoms with Crippen LogP contribution in [0.4, 0.5) is 17.2 Å². The lowest BCUT2D eigenvalue weighted by Crippen LogP contribution is -2.14. The van der Waals surface area contributed by atoms with Crippen LogP contribution in [0.25, 0.3) is 0 Å². The van der Waals surface area contributed by atoms with Gasteiger partial charge in [-0.2, -0.15) is 0 Å². The van der Waals surface area contributed by atoms with E-state index >= 15 is 0 Å². The average molecular weight is 387 g/mol. The van der Waals surface area contributed by atoms with Crippen molar-refractivity contribution >= 4 is 28.9 Å². The summed E-state index contributed by atoms with van der Waals surface area (Å²) < 4.78 is 0. The molecule has 0 fully saturated rings. The molecule has 0 unspecified atom stereocenters. The first-order valence-electron chi connectivity index (χ1n) is 9.49. The van der Waals surface area contributed by atoms with Crippen LogP contribution in [0.15, 0.2) is 66.9 Å². The fourth-order valence-electron chi connectivity index (χ4n) is 3.01. The van der Waals surface area contributed by atoms with Crippen LogP contribution < -0.4 is 10.6 Å². The van der Waals surface area contributed by atoms with E-state index in [1.807, 2.05) is 18.2 Å². The molecule has 5 nitrogen and oxygen atoms in total. The second kappa shape index (κ2) is 8.27. The molecule has 2 N–H and O–H groups in total. The van der Waals surface area contributed by atoms with Gasteiger partial charge in [0.2, 0.25) is 0 Å². The minimum atomic E-state index is -0.278. The number of aromatic nitrogens is 1. The Hall–Kier alpha value is -3.47. The molecule has 3 rings (SSSR count). The Balaban J connectivity index is 1.73. The highest BCUT2D eigenvalue weighted by atomic mass is 16.1. The molecule has 29 heavy (non-hydrogen) atoms. The van der Waals surface area contributed by atoms with Crippen molar-refractivity contribution in [2.24, 2.45) is 0 Å². The van der Waals surface area contributed by atoms with E-state index in [9.17, 15) is 9.59 Å². The molecule has 5 heteroatoms. The topological polar surface area (TPSA) is 71.1 Å². The minimum Gasteiger partial charge on any atom is -0.340 e. The number of nitrogens with one attached hydrogen (secondary N) is 2. The van der Waals surface area contributed by atoms with Crippen LogP contribution in [0, 0.1) is 0 Å². The van der Waals surface area contributed by atoms with Crippen molar-refractivity contribution in [2.75, 3.05) is 10.6 Å². The smallest absolute Gasteiger partial charge is 0.257 e. The minimum absolute atomic E-state index is 0.00215. The number of amides is 1. The molecule has 3 aromatic rings. The number of Topliss-reactive ketones (excluding diaryl/α,β-unsaturated/α-hetero) is 1. The molecule has 0 atom stereocenters. The summed E-state index contributed by atoms with van der Waals surface area (Å²) in [5.74, 6) is 0.338. The molecule has 1 heterocycles. The number of pyridine rings is 1. The number of para-hydroxylation sites is 1. The molecule has 1 aromatic heterocycles. The van der Waals surface area contributed by atoms with Crippen molar-refractivity contribution < 1.29 is 9.59 Å². The van der Waals surface area contributed by atoms with Crippen molar-refractivity contribution in [1.82, 2.24) is 4.98 Å². The van der Waals surface area contributed by atoms with E-state index in [1.54, 1.807) is 36.4 Å². The van der Waals surface area contributed by atoms with Gasteiger partial charge in [0.1, 0.15) is 5.82 Å². The van der Waals surface area contributed by atoms with E-state index in [-0.39, 0.29) is 17.1 Å². The van der Waals surface area contributed by atoms with Crippen LogP contribution in [0.1, 0.15) is 54.0 Å². The van der Waals surface area contributed by atoms with E-state index < -0.39 is 0 Å². The molecule has 2 aromatic carbocycles. The van der Waals surface area contributed by atoms with Gasteiger partial charge in [-0.25, -0.2) is 4.98 Å². The first-order chi connectivity index (χ1) is 13.7. The molecule has 0 radical (unpaired) electrons. The summed E-state index contributed by atoms with van der Waals surface area (Å²) in [6.07, 6.45) is 1.53. The number of carbonyl (C=O) groups excluding carboxylic acids is 2. The molecular formula is C24H25N3O2. The van der Waals surface area contributed by atoms with Gasteiger partial charge in [-0.15, -0.1) is 0 Å². The predicted molar refractivity (Wildman–Crippen MR) is 117 cm³/mol. The summed E-state index contributed by atoms with van der Waals surface area (Å²) in [5, 5.41) is 6.13. The van der Waals surface area contributed by atoms with Gasteiger partial charge in [0.15, 0.2) is 5.78 Å². The zero-order chi connectivity index (χ0) is 21.0. The Morgan fingerprint density at radius 3 is 2.31 bits per heavy atom. The Morgan fingerprint density at radius 2 is 1.66 bits per heavy atom. The lowest BCUT2D eigenvalue weighted by molar-refractivity contribution is 0.101. The highest BCUT2D eigenvalue weighted by molar-refractivity contribution is 6.05. The van der Waals surface area contributed by atoms with Gasteiger partial charge < -0.3 is 10.6 Å². The van der Waals surface area contributed by atoms with Gasteiger partial charge in [0.05, 0.1) is 5.56 Å².